The van der Waals surface area contributed by atoms with E-state index in [1.54, 1.807) is 6.07 Å². The molecule has 2 rings (SSSR count). The Bertz CT molecular complexity index is 689. The summed E-state index contributed by atoms with van der Waals surface area (Å²) in [5.41, 5.74) is 1.41. The predicted octanol–water partition coefficient (Wildman–Crippen LogP) is 2.41. The van der Waals surface area contributed by atoms with Crippen LogP contribution >= 0.6 is 11.6 Å². The van der Waals surface area contributed by atoms with E-state index in [-0.39, 0.29) is 22.6 Å². The van der Waals surface area contributed by atoms with Gasteiger partial charge in [-0.2, -0.15) is 0 Å². The zero-order valence-corrected chi connectivity index (χ0v) is 12.7. The number of aliphatic hydroxyl groups is 1. The number of carbonyl (C=O) groups is 1. The predicted molar refractivity (Wildman–Crippen MR) is 78.0 cm³/mol. The SMILES string of the molecule is CC(C)(C)c1c(CO)nnn1-c1ccc(Cl)c(C(=O)O)c1. The monoisotopic (exact) mass is 309 g/mol. The number of halogens is 1. The number of hydrogen-bond donors (Lipinski definition) is 2. The van der Waals surface area contributed by atoms with Gasteiger partial charge < -0.3 is 10.2 Å². The highest BCUT2D eigenvalue weighted by Crippen LogP contribution is 2.28. The van der Waals surface area contributed by atoms with Gasteiger partial charge in [-0.3, -0.25) is 0 Å². The van der Waals surface area contributed by atoms with Gasteiger partial charge in [0.2, 0.25) is 0 Å². The lowest BCUT2D eigenvalue weighted by Gasteiger charge is -2.21. The van der Waals surface area contributed by atoms with Crippen LogP contribution in [0.4, 0.5) is 0 Å². The number of aromatic nitrogens is 3. The molecule has 0 amide bonds. The van der Waals surface area contributed by atoms with Gasteiger partial charge in [-0.25, -0.2) is 9.48 Å². The first kappa shape index (κ1) is 15.5. The van der Waals surface area contributed by atoms with Crippen LogP contribution < -0.4 is 0 Å². The van der Waals surface area contributed by atoms with E-state index in [1.165, 1.54) is 16.8 Å². The summed E-state index contributed by atoms with van der Waals surface area (Å²) in [5.74, 6) is -1.11. The molecule has 0 saturated carbocycles. The lowest BCUT2D eigenvalue weighted by atomic mass is 9.90. The molecule has 6 nitrogen and oxygen atoms in total. The Labute approximate surface area is 127 Å². The summed E-state index contributed by atoms with van der Waals surface area (Å²) in [6.45, 7) is 5.67. The molecular formula is C14H16ClN3O3. The zero-order valence-electron chi connectivity index (χ0n) is 12.0. The van der Waals surface area contributed by atoms with Gasteiger partial charge >= 0.3 is 5.97 Å². The number of rotatable bonds is 3. The lowest BCUT2D eigenvalue weighted by molar-refractivity contribution is 0.0697. The Balaban J connectivity index is 2.66. The Morgan fingerprint density at radius 3 is 2.57 bits per heavy atom. The van der Waals surface area contributed by atoms with E-state index in [2.05, 4.69) is 10.3 Å². The van der Waals surface area contributed by atoms with Crippen molar-refractivity contribution in [3.05, 3.63) is 40.2 Å². The highest BCUT2D eigenvalue weighted by molar-refractivity contribution is 6.33. The number of nitrogens with zero attached hydrogens (tertiary/aromatic N) is 3. The molecule has 0 bridgehead atoms. The third-order valence-corrected chi connectivity index (χ3v) is 3.35. The maximum atomic E-state index is 11.2. The van der Waals surface area contributed by atoms with Gasteiger partial charge in [-0.05, 0) is 18.2 Å². The van der Waals surface area contributed by atoms with Crippen molar-refractivity contribution in [3.8, 4) is 5.69 Å². The van der Waals surface area contributed by atoms with Gasteiger partial charge in [-0.1, -0.05) is 37.6 Å². The number of benzene rings is 1. The van der Waals surface area contributed by atoms with Crippen molar-refractivity contribution in [2.45, 2.75) is 32.8 Å². The summed E-state index contributed by atoms with van der Waals surface area (Å²) in [5, 5.41) is 26.7. The molecule has 7 heteroatoms. The fraction of sp³-hybridized carbons (Fsp3) is 0.357. The molecule has 112 valence electrons. The Kier molecular flexibility index (Phi) is 4.02. The van der Waals surface area contributed by atoms with Crippen molar-refractivity contribution < 1.29 is 15.0 Å². The molecule has 0 aliphatic carbocycles. The molecule has 21 heavy (non-hydrogen) atoms. The van der Waals surface area contributed by atoms with Crippen molar-refractivity contribution in [2.24, 2.45) is 0 Å². The number of carboxylic acids is 1. The Morgan fingerprint density at radius 1 is 1.38 bits per heavy atom. The molecule has 2 aromatic rings. The molecule has 0 atom stereocenters. The summed E-state index contributed by atoms with van der Waals surface area (Å²) in [6, 6.07) is 4.61. The summed E-state index contributed by atoms with van der Waals surface area (Å²) < 4.78 is 1.54. The van der Waals surface area contributed by atoms with E-state index in [0.717, 1.165) is 5.69 Å². The second kappa shape index (κ2) is 5.46. The molecule has 1 aromatic carbocycles. The number of carboxylic acid groups (broad SMARTS) is 1. The molecule has 0 saturated heterocycles. The van der Waals surface area contributed by atoms with Crippen LogP contribution in [0.15, 0.2) is 18.2 Å². The second-order valence-electron chi connectivity index (χ2n) is 5.67. The fourth-order valence-electron chi connectivity index (χ4n) is 2.16. The highest BCUT2D eigenvalue weighted by atomic mass is 35.5. The Hall–Kier alpha value is -1.92. The number of aliphatic hydroxyl groups excluding tert-OH is 1. The van der Waals surface area contributed by atoms with Crippen molar-refractivity contribution in [2.75, 3.05) is 0 Å². The van der Waals surface area contributed by atoms with Crippen LogP contribution in [-0.4, -0.2) is 31.2 Å². The summed E-state index contributed by atoms with van der Waals surface area (Å²) in [6.07, 6.45) is 0. The van der Waals surface area contributed by atoms with Gasteiger partial charge in [0.1, 0.15) is 5.69 Å². The molecule has 1 aromatic heterocycles. The first-order valence-electron chi connectivity index (χ1n) is 6.35. The topological polar surface area (TPSA) is 88.2 Å². The van der Waals surface area contributed by atoms with Crippen LogP contribution in [0.25, 0.3) is 5.69 Å². The quantitative estimate of drug-likeness (QED) is 0.909. The van der Waals surface area contributed by atoms with E-state index in [9.17, 15) is 9.90 Å². The van der Waals surface area contributed by atoms with Gasteiger partial charge in [0.05, 0.1) is 28.6 Å². The van der Waals surface area contributed by atoms with Crippen LogP contribution in [0.5, 0.6) is 0 Å². The fourth-order valence-corrected chi connectivity index (χ4v) is 2.36. The molecule has 1 heterocycles. The first-order chi connectivity index (χ1) is 9.75. The van der Waals surface area contributed by atoms with Crippen LogP contribution in [0, 0.1) is 0 Å². The number of hydrogen-bond acceptors (Lipinski definition) is 4. The Morgan fingerprint density at radius 2 is 2.05 bits per heavy atom. The van der Waals surface area contributed by atoms with E-state index in [4.69, 9.17) is 16.7 Å². The highest BCUT2D eigenvalue weighted by Gasteiger charge is 2.26. The van der Waals surface area contributed by atoms with Crippen LogP contribution in [0.2, 0.25) is 5.02 Å². The van der Waals surface area contributed by atoms with Gasteiger partial charge in [0, 0.05) is 5.41 Å². The average molecular weight is 310 g/mol. The second-order valence-corrected chi connectivity index (χ2v) is 6.08. The summed E-state index contributed by atoms with van der Waals surface area (Å²) >= 11 is 5.87. The van der Waals surface area contributed by atoms with E-state index in [0.29, 0.717) is 11.4 Å². The van der Waals surface area contributed by atoms with Crippen molar-refractivity contribution >= 4 is 17.6 Å². The lowest BCUT2D eigenvalue weighted by Crippen LogP contribution is -2.19. The standard InChI is InChI=1S/C14H16ClN3O3/c1-14(2,3)12-11(7-19)16-17-18(12)8-4-5-10(15)9(6-8)13(20)21/h4-6,19H,7H2,1-3H3,(H,20,21). The summed E-state index contributed by atoms with van der Waals surface area (Å²) in [4.78, 5) is 11.2. The van der Waals surface area contributed by atoms with E-state index in [1.807, 2.05) is 20.8 Å². The molecule has 2 N–H and O–H groups in total. The van der Waals surface area contributed by atoms with E-state index < -0.39 is 5.97 Å². The average Bonchev–Trinajstić information content (AvgIpc) is 2.82. The molecule has 0 aliphatic heterocycles. The minimum absolute atomic E-state index is 0.00456. The van der Waals surface area contributed by atoms with Gasteiger partial charge in [-0.15, -0.1) is 5.10 Å². The minimum atomic E-state index is -1.11. The van der Waals surface area contributed by atoms with E-state index >= 15 is 0 Å². The van der Waals surface area contributed by atoms with Crippen molar-refractivity contribution in [3.63, 3.8) is 0 Å². The number of aromatic carboxylic acids is 1. The van der Waals surface area contributed by atoms with Crippen molar-refractivity contribution in [1.82, 2.24) is 15.0 Å². The van der Waals surface area contributed by atoms with Crippen molar-refractivity contribution in [1.29, 1.82) is 0 Å². The third-order valence-electron chi connectivity index (χ3n) is 3.03. The van der Waals surface area contributed by atoms with Crippen LogP contribution in [-0.2, 0) is 12.0 Å². The molecule has 0 aliphatic rings. The molecule has 0 radical (unpaired) electrons. The minimum Gasteiger partial charge on any atom is -0.478 e. The molecule has 0 fully saturated rings. The maximum Gasteiger partial charge on any atom is 0.337 e. The summed E-state index contributed by atoms with van der Waals surface area (Å²) in [7, 11) is 0. The molecule has 0 unspecified atom stereocenters. The molecular weight excluding hydrogens is 294 g/mol. The first-order valence-corrected chi connectivity index (χ1v) is 6.72. The molecule has 0 spiro atoms. The smallest absolute Gasteiger partial charge is 0.337 e. The van der Waals surface area contributed by atoms with Crippen LogP contribution in [0.1, 0.15) is 42.5 Å². The zero-order chi connectivity index (χ0) is 15.8. The van der Waals surface area contributed by atoms with Crippen LogP contribution in [0.3, 0.4) is 0 Å². The van der Waals surface area contributed by atoms with Gasteiger partial charge in [0.15, 0.2) is 0 Å². The maximum absolute atomic E-state index is 11.2. The third kappa shape index (κ3) is 2.91. The van der Waals surface area contributed by atoms with Gasteiger partial charge in [0.25, 0.3) is 0 Å². The normalized spacial score (nSPS) is 11.7. The largest absolute Gasteiger partial charge is 0.478 e.